The number of likely N-dealkylation sites (tertiary alicyclic amines) is 1. The van der Waals surface area contributed by atoms with Crippen molar-refractivity contribution in [2.24, 2.45) is 11.7 Å². The number of hydrogen-bond acceptors (Lipinski definition) is 3. The summed E-state index contributed by atoms with van der Waals surface area (Å²) in [5, 5.41) is 0. The molecule has 19 heavy (non-hydrogen) atoms. The van der Waals surface area contributed by atoms with Gasteiger partial charge in [-0.2, -0.15) is 0 Å². The molecule has 0 spiro atoms. The van der Waals surface area contributed by atoms with E-state index in [0.717, 1.165) is 19.5 Å². The maximum absolute atomic E-state index is 12.3. The van der Waals surface area contributed by atoms with Crippen LogP contribution in [0, 0.1) is 5.92 Å². The minimum absolute atomic E-state index is 0.119. The van der Waals surface area contributed by atoms with Gasteiger partial charge in [0.05, 0.1) is 0 Å². The van der Waals surface area contributed by atoms with Crippen LogP contribution in [0.5, 0.6) is 5.75 Å². The summed E-state index contributed by atoms with van der Waals surface area (Å²) >= 11 is 0. The van der Waals surface area contributed by atoms with Gasteiger partial charge in [0.1, 0.15) is 5.75 Å². The normalized spacial score (nSPS) is 20.7. The van der Waals surface area contributed by atoms with Gasteiger partial charge >= 0.3 is 6.36 Å². The Hall–Kier alpha value is -1.27. The SMILES string of the molecule is NCC1CCN(Cc2ccccc2OC(F)(F)F)C1. The quantitative estimate of drug-likeness (QED) is 0.916. The van der Waals surface area contributed by atoms with Crippen molar-refractivity contribution in [2.75, 3.05) is 19.6 Å². The highest BCUT2D eigenvalue weighted by molar-refractivity contribution is 5.33. The fourth-order valence-corrected chi connectivity index (χ4v) is 2.35. The van der Waals surface area contributed by atoms with Gasteiger partial charge in [-0.25, -0.2) is 0 Å². The van der Waals surface area contributed by atoms with E-state index in [9.17, 15) is 13.2 Å². The Morgan fingerprint density at radius 1 is 1.32 bits per heavy atom. The molecule has 0 aromatic heterocycles. The lowest BCUT2D eigenvalue weighted by Crippen LogP contribution is -2.24. The molecule has 0 amide bonds. The zero-order valence-electron chi connectivity index (χ0n) is 10.5. The lowest BCUT2D eigenvalue weighted by molar-refractivity contribution is -0.275. The summed E-state index contributed by atoms with van der Waals surface area (Å²) in [4.78, 5) is 2.11. The number of rotatable bonds is 4. The molecule has 1 heterocycles. The number of ether oxygens (including phenoxy) is 1. The van der Waals surface area contributed by atoms with E-state index in [0.29, 0.717) is 24.6 Å². The largest absolute Gasteiger partial charge is 0.573 e. The standard InChI is InChI=1S/C13H17F3N2O/c14-13(15,16)19-12-4-2-1-3-11(12)9-18-6-5-10(7-17)8-18/h1-4,10H,5-9,17H2. The third-order valence-electron chi connectivity index (χ3n) is 3.30. The van der Waals surface area contributed by atoms with Gasteiger partial charge in [-0.3, -0.25) is 4.90 Å². The number of nitrogens with zero attached hydrogens (tertiary/aromatic N) is 1. The highest BCUT2D eigenvalue weighted by Gasteiger charge is 2.32. The Balaban J connectivity index is 2.04. The average Bonchev–Trinajstić information content (AvgIpc) is 2.78. The minimum Gasteiger partial charge on any atom is -0.405 e. The highest BCUT2D eigenvalue weighted by atomic mass is 19.4. The number of benzene rings is 1. The zero-order valence-corrected chi connectivity index (χ0v) is 10.5. The summed E-state index contributed by atoms with van der Waals surface area (Å²) in [6.45, 7) is 2.78. The predicted molar refractivity (Wildman–Crippen MR) is 65.6 cm³/mol. The fraction of sp³-hybridized carbons (Fsp3) is 0.538. The summed E-state index contributed by atoms with van der Waals surface area (Å²) in [6, 6.07) is 6.27. The van der Waals surface area contributed by atoms with Crippen molar-refractivity contribution in [3.8, 4) is 5.75 Å². The Labute approximate surface area is 110 Å². The molecule has 0 bridgehead atoms. The highest BCUT2D eigenvalue weighted by Crippen LogP contribution is 2.28. The number of hydrogen-bond donors (Lipinski definition) is 1. The molecule has 1 aliphatic rings. The van der Waals surface area contributed by atoms with Crippen LogP contribution in [-0.4, -0.2) is 30.9 Å². The van der Waals surface area contributed by atoms with E-state index in [2.05, 4.69) is 9.64 Å². The molecule has 2 N–H and O–H groups in total. The number of alkyl halides is 3. The van der Waals surface area contributed by atoms with Crippen LogP contribution < -0.4 is 10.5 Å². The van der Waals surface area contributed by atoms with Gasteiger partial charge in [-0.1, -0.05) is 18.2 Å². The second kappa shape index (κ2) is 5.79. The van der Waals surface area contributed by atoms with Crippen LogP contribution in [0.15, 0.2) is 24.3 Å². The first-order valence-corrected chi connectivity index (χ1v) is 6.24. The third kappa shape index (κ3) is 4.11. The van der Waals surface area contributed by atoms with Gasteiger partial charge in [0, 0.05) is 18.7 Å². The monoisotopic (exact) mass is 274 g/mol. The van der Waals surface area contributed by atoms with Crippen molar-refractivity contribution in [3.05, 3.63) is 29.8 Å². The molecule has 6 heteroatoms. The lowest BCUT2D eigenvalue weighted by Gasteiger charge is -2.19. The van der Waals surface area contributed by atoms with Crippen LogP contribution in [-0.2, 0) is 6.54 Å². The van der Waals surface area contributed by atoms with Gasteiger partial charge in [0.15, 0.2) is 0 Å². The maximum Gasteiger partial charge on any atom is 0.573 e. The van der Waals surface area contributed by atoms with Gasteiger partial charge in [0.25, 0.3) is 0 Å². The second-order valence-corrected chi connectivity index (χ2v) is 4.78. The van der Waals surface area contributed by atoms with Crippen LogP contribution in [0.2, 0.25) is 0 Å². The molecular weight excluding hydrogens is 257 g/mol. The average molecular weight is 274 g/mol. The van der Waals surface area contributed by atoms with E-state index in [1.165, 1.54) is 12.1 Å². The molecule has 1 unspecified atom stereocenters. The first-order valence-electron chi connectivity index (χ1n) is 6.24. The molecule has 1 saturated heterocycles. The molecule has 1 atom stereocenters. The van der Waals surface area contributed by atoms with Crippen LogP contribution in [0.3, 0.4) is 0 Å². The van der Waals surface area contributed by atoms with Crippen LogP contribution in [0.25, 0.3) is 0 Å². The van der Waals surface area contributed by atoms with Crippen molar-refractivity contribution in [1.29, 1.82) is 0 Å². The molecule has 1 aliphatic heterocycles. The van der Waals surface area contributed by atoms with Gasteiger partial charge in [-0.05, 0) is 31.5 Å². The van der Waals surface area contributed by atoms with Gasteiger partial charge < -0.3 is 10.5 Å². The zero-order chi connectivity index (χ0) is 13.9. The first-order chi connectivity index (χ1) is 8.98. The molecule has 2 rings (SSSR count). The third-order valence-corrected chi connectivity index (χ3v) is 3.30. The maximum atomic E-state index is 12.3. The van der Waals surface area contributed by atoms with Crippen molar-refractivity contribution in [2.45, 2.75) is 19.3 Å². The number of nitrogens with two attached hydrogens (primary N) is 1. The molecule has 0 aliphatic carbocycles. The smallest absolute Gasteiger partial charge is 0.405 e. The van der Waals surface area contributed by atoms with E-state index in [4.69, 9.17) is 5.73 Å². The minimum atomic E-state index is -4.65. The van der Waals surface area contributed by atoms with E-state index in [1.54, 1.807) is 12.1 Å². The van der Waals surface area contributed by atoms with Crippen molar-refractivity contribution in [3.63, 3.8) is 0 Å². The first kappa shape index (κ1) is 14.1. The number of para-hydroxylation sites is 1. The summed E-state index contributed by atoms with van der Waals surface area (Å²) < 4.78 is 40.9. The van der Waals surface area contributed by atoms with Gasteiger partial charge in [-0.15, -0.1) is 13.2 Å². The fourth-order valence-electron chi connectivity index (χ4n) is 2.35. The van der Waals surface area contributed by atoms with Crippen molar-refractivity contribution >= 4 is 0 Å². The summed E-state index contributed by atoms with van der Waals surface area (Å²) in [6.07, 6.45) is -3.65. The molecule has 106 valence electrons. The van der Waals surface area contributed by atoms with Crippen LogP contribution >= 0.6 is 0 Å². The molecular formula is C13H17F3N2O. The molecule has 0 radical (unpaired) electrons. The van der Waals surface area contributed by atoms with Crippen molar-refractivity contribution < 1.29 is 17.9 Å². The Morgan fingerprint density at radius 2 is 2.05 bits per heavy atom. The Kier molecular flexibility index (Phi) is 4.31. The van der Waals surface area contributed by atoms with E-state index < -0.39 is 6.36 Å². The molecule has 1 aromatic rings. The lowest BCUT2D eigenvalue weighted by atomic mass is 10.1. The van der Waals surface area contributed by atoms with Crippen molar-refractivity contribution in [1.82, 2.24) is 4.90 Å². The summed E-state index contributed by atoms with van der Waals surface area (Å²) in [5.41, 5.74) is 6.16. The summed E-state index contributed by atoms with van der Waals surface area (Å²) in [7, 11) is 0. The Morgan fingerprint density at radius 3 is 2.68 bits per heavy atom. The number of halogens is 3. The van der Waals surface area contributed by atoms with E-state index in [1.807, 2.05) is 0 Å². The van der Waals surface area contributed by atoms with Crippen LogP contribution in [0.4, 0.5) is 13.2 Å². The molecule has 1 aromatic carbocycles. The van der Waals surface area contributed by atoms with E-state index in [-0.39, 0.29) is 5.75 Å². The second-order valence-electron chi connectivity index (χ2n) is 4.78. The molecule has 3 nitrogen and oxygen atoms in total. The van der Waals surface area contributed by atoms with Gasteiger partial charge in [0.2, 0.25) is 0 Å². The topological polar surface area (TPSA) is 38.5 Å². The van der Waals surface area contributed by atoms with E-state index >= 15 is 0 Å². The molecule has 1 fully saturated rings. The van der Waals surface area contributed by atoms with Crippen LogP contribution in [0.1, 0.15) is 12.0 Å². The molecule has 0 saturated carbocycles. The summed E-state index contributed by atoms with van der Waals surface area (Å²) in [5.74, 6) is 0.321. The predicted octanol–water partition coefficient (Wildman–Crippen LogP) is 2.37. The Bertz CT molecular complexity index is 423.